The molecule has 0 fully saturated rings. The summed E-state index contributed by atoms with van der Waals surface area (Å²) < 4.78 is 0.974. The summed E-state index contributed by atoms with van der Waals surface area (Å²) in [4.78, 5) is 11.6. The van der Waals surface area contributed by atoms with E-state index in [2.05, 4.69) is 15.9 Å². The highest BCUT2D eigenvalue weighted by Crippen LogP contribution is 2.42. The molecule has 0 saturated heterocycles. The Balaban J connectivity index is 2.00. The van der Waals surface area contributed by atoms with Crippen LogP contribution in [0.15, 0.2) is 63.0 Å². The van der Waals surface area contributed by atoms with Crippen LogP contribution in [0.5, 0.6) is 5.75 Å². The predicted octanol–water partition coefficient (Wildman–Crippen LogP) is 2.83. The number of halogens is 1. The first-order valence-corrected chi connectivity index (χ1v) is 8.64. The fourth-order valence-corrected chi connectivity index (χ4v) is 3.79. The SMILES string of the molecule is NC1=NC(c2ccc(O)cc2)(c2cccc(Br)c2)C2=NCCCN12. The van der Waals surface area contributed by atoms with E-state index in [1.807, 2.05) is 41.3 Å². The highest BCUT2D eigenvalue weighted by molar-refractivity contribution is 9.10. The zero-order valence-corrected chi connectivity index (χ0v) is 14.6. The number of aromatic hydroxyl groups is 1. The van der Waals surface area contributed by atoms with Gasteiger partial charge in [0.1, 0.15) is 11.6 Å². The van der Waals surface area contributed by atoms with Crippen molar-refractivity contribution in [1.82, 2.24) is 4.90 Å². The Morgan fingerprint density at radius 2 is 1.92 bits per heavy atom. The summed E-state index contributed by atoms with van der Waals surface area (Å²) in [5, 5.41) is 9.67. The van der Waals surface area contributed by atoms with Gasteiger partial charge < -0.3 is 10.8 Å². The molecule has 2 heterocycles. The molecule has 0 aromatic heterocycles. The molecule has 1 unspecified atom stereocenters. The van der Waals surface area contributed by atoms with Crippen LogP contribution in [-0.2, 0) is 5.54 Å². The number of benzene rings is 2. The van der Waals surface area contributed by atoms with Gasteiger partial charge in [0.25, 0.3) is 0 Å². The Labute approximate surface area is 148 Å². The molecule has 0 radical (unpaired) electrons. The second kappa shape index (κ2) is 5.63. The highest BCUT2D eigenvalue weighted by Gasteiger charge is 2.49. The molecule has 2 aliphatic heterocycles. The van der Waals surface area contributed by atoms with E-state index in [0.717, 1.165) is 40.9 Å². The molecule has 6 heteroatoms. The smallest absolute Gasteiger partial charge is 0.198 e. The number of nitrogens with two attached hydrogens (primary N) is 1. The fourth-order valence-electron chi connectivity index (χ4n) is 3.39. The lowest BCUT2D eigenvalue weighted by Gasteiger charge is -2.33. The maximum Gasteiger partial charge on any atom is 0.198 e. The zero-order chi connectivity index (χ0) is 16.7. The van der Waals surface area contributed by atoms with E-state index in [0.29, 0.717) is 5.96 Å². The average molecular weight is 385 g/mol. The van der Waals surface area contributed by atoms with Gasteiger partial charge in [-0.05, 0) is 41.8 Å². The minimum absolute atomic E-state index is 0.223. The van der Waals surface area contributed by atoms with Crippen molar-refractivity contribution in [2.45, 2.75) is 12.0 Å². The van der Waals surface area contributed by atoms with E-state index in [4.69, 9.17) is 15.7 Å². The molecule has 0 bridgehead atoms. The van der Waals surface area contributed by atoms with Crippen molar-refractivity contribution >= 4 is 27.7 Å². The number of aliphatic imine (C=N–C) groups is 2. The normalized spacial score (nSPS) is 22.8. The van der Waals surface area contributed by atoms with Crippen LogP contribution in [0, 0.1) is 0 Å². The van der Waals surface area contributed by atoms with E-state index in [-0.39, 0.29) is 5.75 Å². The third kappa shape index (κ3) is 2.21. The third-order valence-corrected chi connectivity index (χ3v) is 4.96. The molecule has 122 valence electrons. The number of phenols is 1. The van der Waals surface area contributed by atoms with Crippen LogP contribution in [-0.4, -0.2) is 34.9 Å². The van der Waals surface area contributed by atoms with E-state index >= 15 is 0 Å². The van der Waals surface area contributed by atoms with Gasteiger partial charge in [-0.25, -0.2) is 4.99 Å². The molecular formula is C18H17BrN4O. The Bertz CT molecular complexity index is 846. The molecular weight excluding hydrogens is 368 g/mol. The van der Waals surface area contributed by atoms with Crippen molar-refractivity contribution in [2.75, 3.05) is 13.1 Å². The summed E-state index contributed by atoms with van der Waals surface area (Å²) >= 11 is 3.55. The standard InChI is InChI=1S/C18H17BrN4O/c19-14-4-1-3-13(11-14)18(12-5-7-15(24)8-6-12)16-21-9-2-10-23(16)17(20)22-18/h1,3-8,11,24H,2,9-10H2,(H2,20,22). The summed E-state index contributed by atoms with van der Waals surface area (Å²) in [6, 6.07) is 15.2. The van der Waals surface area contributed by atoms with Crippen LogP contribution in [0.1, 0.15) is 17.5 Å². The van der Waals surface area contributed by atoms with Gasteiger partial charge in [-0.3, -0.25) is 9.89 Å². The molecule has 1 atom stereocenters. The van der Waals surface area contributed by atoms with Crippen LogP contribution >= 0.6 is 15.9 Å². The van der Waals surface area contributed by atoms with Crippen molar-refractivity contribution in [1.29, 1.82) is 0 Å². The minimum atomic E-state index is -0.776. The van der Waals surface area contributed by atoms with Crippen molar-refractivity contribution in [3.8, 4) is 5.75 Å². The summed E-state index contributed by atoms with van der Waals surface area (Å²) in [7, 11) is 0. The second-order valence-corrected chi connectivity index (χ2v) is 6.86. The fraction of sp³-hybridized carbons (Fsp3) is 0.222. The van der Waals surface area contributed by atoms with Crippen LogP contribution in [0.25, 0.3) is 0 Å². The van der Waals surface area contributed by atoms with Gasteiger partial charge in [0.2, 0.25) is 0 Å². The molecule has 0 amide bonds. The van der Waals surface area contributed by atoms with Gasteiger partial charge in [-0.2, -0.15) is 0 Å². The number of amidine groups is 1. The lowest BCUT2D eigenvalue weighted by Crippen LogP contribution is -2.46. The quantitative estimate of drug-likeness (QED) is 0.835. The maximum atomic E-state index is 9.67. The van der Waals surface area contributed by atoms with Crippen molar-refractivity contribution < 1.29 is 5.11 Å². The lowest BCUT2D eigenvalue weighted by molar-refractivity contribution is 0.474. The van der Waals surface area contributed by atoms with E-state index in [1.165, 1.54) is 0 Å². The summed E-state index contributed by atoms with van der Waals surface area (Å²) in [6.45, 7) is 1.59. The first kappa shape index (κ1) is 15.2. The molecule has 3 N–H and O–H groups in total. The number of hydrogen-bond donors (Lipinski definition) is 2. The second-order valence-electron chi connectivity index (χ2n) is 5.95. The first-order valence-electron chi connectivity index (χ1n) is 7.84. The summed E-state index contributed by atoms with van der Waals surface area (Å²) in [5.74, 6) is 1.57. The van der Waals surface area contributed by atoms with Crippen molar-refractivity contribution in [3.63, 3.8) is 0 Å². The van der Waals surface area contributed by atoms with Crippen LogP contribution < -0.4 is 5.73 Å². The van der Waals surface area contributed by atoms with Gasteiger partial charge in [0.15, 0.2) is 11.5 Å². The topological polar surface area (TPSA) is 74.2 Å². The van der Waals surface area contributed by atoms with E-state index < -0.39 is 5.54 Å². The van der Waals surface area contributed by atoms with Crippen LogP contribution in [0.3, 0.4) is 0 Å². The number of hydrogen-bond acceptors (Lipinski definition) is 5. The van der Waals surface area contributed by atoms with Gasteiger partial charge in [-0.1, -0.05) is 40.2 Å². The number of phenolic OH excluding ortho intramolecular Hbond substituents is 1. The van der Waals surface area contributed by atoms with Gasteiger partial charge >= 0.3 is 0 Å². The Morgan fingerprint density at radius 3 is 2.67 bits per heavy atom. The van der Waals surface area contributed by atoms with Gasteiger partial charge in [0, 0.05) is 17.6 Å². The first-order chi connectivity index (χ1) is 11.6. The summed E-state index contributed by atoms with van der Waals surface area (Å²) in [5.41, 5.74) is 7.39. The Morgan fingerprint density at radius 1 is 1.12 bits per heavy atom. The molecule has 24 heavy (non-hydrogen) atoms. The third-order valence-electron chi connectivity index (χ3n) is 4.47. The number of rotatable bonds is 2. The van der Waals surface area contributed by atoms with Crippen molar-refractivity contribution in [2.24, 2.45) is 15.7 Å². The Hall–Kier alpha value is -2.34. The lowest BCUT2D eigenvalue weighted by atomic mass is 9.82. The minimum Gasteiger partial charge on any atom is -0.508 e. The maximum absolute atomic E-state index is 9.67. The predicted molar refractivity (Wildman–Crippen MR) is 98.3 cm³/mol. The van der Waals surface area contributed by atoms with Gasteiger partial charge in [-0.15, -0.1) is 0 Å². The highest BCUT2D eigenvalue weighted by atomic mass is 79.9. The van der Waals surface area contributed by atoms with Crippen LogP contribution in [0.4, 0.5) is 0 Å². The van der Waals surface area contributed by atoms with Crippen molar-refractivity contribution in [3.05, 3.63) is 64.1 Å². The molecule has 0 spiro atoms. The number of nitrogens with zero attached hydrogens (tertiary/aromatic N) is 3. The molecule has 0 aliphatic carbocycles. The number of guanidine groups is 1. The van der Waals surface area contributed by atoms with E-state index in [1.54, 1.807) is 12.1 Å². The average Bonchev–Trinajstić information content (AvgIpc) is 2.90. The number of fused-ring (bicyclic) bond motifs is 1. The largest absolute Gasteiger partial charge is 0.508 e. The Kier molecular flexibility index (Phi) is 3.57. The summed E-state index contributed by atoms with van der Waals surface area (Å²) in [6.07, 6.45) is 0.962. The van der Waals surface area contributed by atoms with E-state index in [9.17, 15) is 5.11 Å². The molecule has 2 aromatic carbocycles. The van der Waals surface area contributed by atoms with Crippen LogP contribution in [0.2, 0.25) is 0 Å². The molecule has 2 aromatic rings. The molecule has 0 saturated carbocycles. The molecule has 5 nitrogen and oxygen atoms in total. The van der Waals surface area contributed by atoms with Gasteiger partial charge in [0.05, 0.1) is 0 Å². The molecule has 4 rings (SSSR count). The zero-order valence-electron chi connectivity index (χ0n) is 13.0. The molecule has 2 aliphatic rings. The monoisotopic (exact) mass is 384 g/mol.